The Bertz CT molecular complexity index is 1440. The van der Waals surface area contributed by atoms with Crippen LogP contribution in [-0.2, 0) is 22.6 Å². The number of hydrogen-bond donors (Lipinski definition) is 1. The van der Waals surface area contributed by atoms with Gasteiger partial charge in [0.2, 0.25) is 0 Å². The molecule has 3 aromatic rings. The van der Waals surface area contributed by atoms with Crippen molar-refractivity contribution in [2.24, 2.45) is 0 Å². The molecule has 1 saturated heterocycles. The van der Waals surface area contributed by atoms with Gasteiger partial charge < -0.3 is 9.47 Å². The molecule has 0 saturated carbocycles. The number of barbiturate groups is 1. The summed E-state index contributed by atoms with van der Waals surface area (Å²) in [5.41, 5.74) is 4.35. The largest absolute Gasteiger partial charge is 0.493 e. The molecule has 1 heterocycles. The molecule has 1 aliphatic rings. The van der Waals surface area contributed by atoms with Gasteiger partial charge in [-0.1, -0.05) is 24.3 Å². The first-order valence-corrected chi connectivity index (χ1v) is 13.0. The van der Waals surface area contributed by atoms with Crippen LogP contribution in [0, 0.1) is 17.4 Å². The molecule has 8 heteroatoms. The summed E-state index contributed by atoms with van der Waals surface area (Å²) in [4.78, 5) is 39.7. The van der Waals surface area contributed by atoms with Gasteiger partial charge in [0.25, 0.3) is 11.8 Å². The van der Waals surface area contributed by atoms with Crippen LogP contribution in [0.15, 0.2) is 72.8 Å². The predicted molar refractivity (Wildman–Crippen MR) is 155 cm³/mol. The van der Waals surface area contributed by atoms with Crippen LogP contribution in [0.25, 0.3) is 6.08 Å². The van der Waals surface area contributed by atoms with Crippen LogP contribution in [0.5, 0.6) is 11.5 Å². The van der Waals surface area contributed by atoms with Crippen molar-refractivity contribution in [3.63, 3.8) is 0 Å². The Morgan fingerprint density at radius 3 is 2.32 bits per heavy atom. The zero-order valence-electron chi connectivity index (χ0n) is 21.3. The lowest BCUT2D eigenvalue weighted by molar-refractivity contribution is -0.122. The van der Waals surface area contributed by atoms with E-state index in [0.29, 0.717) is 35.8 Å². The molecule has 0 aromatic heterocycles. The molecular formula is C30H27IN2O5. The Hall–Kier alpha value is -3.92. The standard InChI is InChI=1S/C30H27IN2O5/c1-5-6-22-14-21(16-26(37-4)27(22)38-17-20-7-9-23(31)10-8-20)15-25-28(34)32-30(36)33(29(25)35)24-12-18(2)11-19(3)13-24/h5,7-16H,1,6,17H2,2-4H3,(H,32,34,36)/b25-15+. The second-order valence-corrected chi connectivity index (χ2v) is 10.2. The van der Waals surface area contributed by atoms with Crippen LogP contribution in [0.4, 0.5) is 10.5 Å². The van der Waals surface area contributed by atoms with E-state index in [9.17, 15) is 14.4 Å². The zero-order valence-corrected chi connectivity index (χ0v) is 23.5. The smallest absolute Gasteiger partial charge is 0.335 e. The predicted octanol–water partition coefficient (Wildman–Crippen LogP) is 5.89. The van der Waals surface area contributed by atoms with Crippen molar-refractivity contribution in [3.05, 3.63) is 104 Å². The summed E-state index contributed by atoms with van der Waals surface area (Å²) in [5.74, 6) is -0.455. The van der Waals surface area contributed by atoms with Gasteiger partial charge in [-0.05, 0) is 108 Å². The number of urea groups is 1. The van der Waals surface area contributed by atoms with Crippen LogP contribution in [-0.4, -0.2) is 25.0 Å². The van der Waals surface area contributed by atoms with E-state index in [1.807, 2.05) is 50.2 Å². The molecule has 3 aromatic carbocycles. The average Bonchev–Trinajstić information content (AvgIpc) is 2.86. The summed E-state index contributed by atoms with van der Waals surface area (Å²) in [6.45, 7) is 7.93. The van der Waals surface area contributed by atoms with Crippen molar-refractivity contribution in [2.45, 2.75) is 26.9 Å². The molecule has 1 fully saturated rings. The van der Waals surface area contributed by atoms with Crippen molar-refractivity contribution >= 4 is 52.2 Å². The highest BCUT2D eigenvalue weighted by atomic mass is 127. The number of amides is 4. The summed E-state index contributed by atoms with van der Waals surface area (Å²) in [6, 6.07) is 16.1. The van der Waals surface area contributed by atoms with Gasteiger partial charge in [0.15, 0.2) is 11.5 Å². The van der Waals surface area contributed by atoms with Crippen LogP contribution in [0.1, 0.15) is 27.8 Å². The van der Waals surface area contributed by atoms with Crippen LogP contribution >= 0.6 is 22.6 Å². The van der Waals surface area contributed by atoms with Gasteiger partial charge >= 0.3 is 6.03 Å². The van der Waals surface area contributed by atoms with Gasteiger partial charge in [0, 0.05) is 9.13 Å². The number of imide groups is 2. The number of hydrogen-bond acceptors (Lipinski definition) is 5. The summed E-state index contributed by atoms with van der Waals surface area (Å²) in [6.07, 6.45) is 3.67. The fourth-order valence-electron chi connectivity index (χ4n) is 4.26. The van der Waals surface area contributed by atoms with E-state index < -0.39 is 17.8 Å². The van der Waals surface area contributed by atoms with E-state index in [-0.39, 0.29) is 5.57 Å². The second-order valence-electron chi connectivity index (χ2n) is 8.92. The topological polar surface area (TPSA) is 84.9 Å². The van der Waals surface area contributed by atoms with E-state index in [0.717, 1.165) is 30.7 Å². The molecule has 38 heavy (non-hydrogen) atoms. The Morgan fingerprint density at radius 2 is 1.68 bits per heavy atom. The third-order valence-electron chi connectivity index (χ3n) is 5.91. The van der Waals surface area contributed by atoms with Crippen molar-refractivity contribution in [2.75, 3.05) is 12.0 Å². The molecule has 4 amide bonds. The van der Waals surface area contributed by atoms with Crippen molar-refractivity contribution in [1.82, 2.24) is 5.32 Å². The Balaban J connectivity index is 1.70. The van der Waals surface area contributed by atoms with E-state index in [4.69, 9.17) is 9.47 Å². The number of nitrogens with one attached hydrogen (secondary N) is 1. The second kappa shape index (κ2) is 11.6. The first kappa shape index (κ1) is 27.1. The molecule has 0 unspecified atom stereocenters. The molecule has 0 spiro atoms. The van der Waals surface area contributed by atoms with Crippen molar-refractivity contribution in [1.29, 1.82) is 0 Å². The number of carbonyl (C=O) groups excluding carboxylic acids is 3. The third-order valence-corrected chi connectivity index (χ3v) is 6.63. The maximum Gasteiger partial charge on any atom is 0.335 e. The number of anilines is 1. The molecule has 1 N–H and O–H groups in total. The summed E-state index contributed by atoms with van der Waals surface area (Å²) in [7, 11) is 1.53. The fraction of sp³-hybridized carbons (Fsp3) is 0.167. The average molecular weight is 622 g/mol. The maximum atomic E-state index is 13.4. The fourth-order valence-corrected chi connectivity index (χ4v) is 4.62. The SMILES string of the molecule is C=CCc1cc(/C=C2\C(=O)NC(=O)N(c3cc(C)cc(C)c3)C2=O)cc(OC)c1OCc1ccc(I)cc1. The number of rotatable bonds is 8. The summed E-state index contributed by atoms with van der Waals surface area (Å²) >= 11 is 2.25. The van der Waals surface area contributed by atoms with E-state index in [2.05, 4.69) is 34.5 Å². The first-order chi connectivity index (χ1) is 18.2. The van der Waals surface area contributed by atoms with Crippen LogP contribution < -0.4 is 19.7 Å². The summed E-state index contributed by atoms with van der Waals surface area (Å²) in [5, 5.41) is 2.28. The number of ether oxygens (including phenoxy) is 2. The molecule has 0 aliphatic carbocycles. The van der Waals surface area contributed by atoms with Gasteiger partial charge in [-0.3, -0.25) is 14.9 Å². The normalized spacial score (nSPS) is 14.5. The van der Waals surface area contributed by atoms with E-state index in [1.165, 1.54) is 13.2 Å². The van der Waals surface area contributed by atoms with Gasteiger partial charge in [-0.15, -0.1) is 6.58 Å². The van der Waals surface area contributed by atoms with E-state index in [1.54, 1.807) is 24.3 Å². The Labute approximate surface area is 235 Å². The molecule has 0 radical (unpaired) electrons. The minimum absolute atomic E-state index is 0.164. The number of halogens is 1. The highest BCUT2D eigenvalue weighted by Crippen LogP contribution is 2.35. The number of nitrogens with zero attached hydrogens (tertiary/aromatic N) is 1. The van der Waals surface area contributed by atoms with Crippen molar-refractivity contribution < 1.29 is 23.9 Å². The number of methoxy groups -OCH3 is 1. The molecule has 7 nitrogen and oxygen atoms in total. The zero-order chi connectivity index (χ0) is 27.4. The lowest BCUT2D eigenvalue weighted by Gasteiger charge is -2.27. The maximum absolute atomic E-state index is 13.4. The van der Waals surface area contributed by atoms with Gasteiger partial charge in [0.05, 0.1) is 12.8 Å². The quantitative estimate of drug-likeness (QED) is 0.147. The van der Waals surface area contributed by atoms with Crippen molar-refractivity contribution in [3.8, 4) is 11.5 Å². The number of carbonyl (C=O) groups is 3. The molecule has 4 rings (SSSR count). The minimum atomic E-state index is -0.786. The molecule has 0 atom stereocenters. The Morgan fingerprint density at radius 1 is 1.00 bits per heavy atom. The van der Waals surface area contributed by atoms with Gasteiger partial charge in [-0.2, -0.15) is 0 Å². The highest BCUT2D eigenvalue weighted by molar-refractivity contribution is 14.1. The molecule has 0 bridgehead atoms. The number of benzene rings is 3. The number of aryl methyl sites for hydroxylation is 2. The lowest BCUT2D eigenvalue weighted by Crippen LogP contribution is -2.54. The number of allylic oxidation sites excluding steroid dienone is 1. The third kappa shape index (κ3) is 5.96. The van der Waals surface area contributed by atoms with Crippen LogP contribution in [0.3, 0.4) is 0 Å². The van der Waals surface area contributed by atoms with Gasteiger partial charge in [0.1, 0.15) is 12.2 Å². The lowest BCUT2D eigenvalue weighted by atomic mass is 10.0. The minimum Gasteiger partial charge on any atom is -0.493 e. The molecule has 1 aliphatic heterocycles. The molecular weight excluding hydrogens is 595 g/mol. The van der Waals surface area contributed by atoms with E-state index >= 15 is 0 Å². The first-order valence-electron chi connectivity index (χ1n) is 11.9. The molecule has 194 valence electrons. The van der Waals surface area contributed by atoms with Gasteiger partial charge in [-0.25, -0.2) is 9.69 Å². The van der Waals surface area contributed by atoms with Crippen LogP contribution in [0.2, 0.25) is 0 Å². The summed E-state index contributed by atoms with van der Waals surface area (Å²) < 4.78 is 12.9. The highest BCUT2D eigenvalue weighted by Gasteiger charge is 2.37. The Kier molecular flexibility index (Phi) is 8.31. The monoisotopic (exact) mass is 622 g/mol.